The van der Waals surface area contributed by atoms with E-state index in [1.54, 1.807) is 0 Å². The summed E-state index contributed by atoms with van der Waals surface area (Å²) in [5.74, 6) is 0. The molecule has 0 aliphatic carbocycles. The summed E-state index contributed by atoms with van der Waals surface area (Å²) in [5, 5.41) is 4.97. The number of para-hydroxylation sites is 3. The lowest BCUT2D eigenvalue weighted by atomic mass is 9.62. The van der Waals surface area contributed by atoms with Crippen LogP contribution in [0, 0.1) is 0 Å². The van der Waals surface area contributed by atoms with Crippen LogP contribution in [0.25, 0.3) is 38.3 Å². The molecule has 0 spiro atoms. The zero-order chi connectivity index (χ0) is 32.4. The van der Waals surface area contributed by atoms with Crippen LogP contribution in [0.3, 0.4) is 0 Å². The van der Waals surface area contributed by atoms with Crippen molar-refractivity contribution in [1.82, 2.24) is 4.57 Å². The second-order valence-corrected chi connectivity index (χ2v) is 12.9. The molecule has 230 valence electrons. The van der Waals surface area contributed by atoms with E-state index in [0.717, 1.165) is 11.4 Å². The minimum atomic E-state index is -0.575. The van der Waals surface area contributed by atoms with Crippen LogP contribution in [0.5, 0.6) is 0 Å². The molecule has 9 aromatic rings. The third kappa shape index (κ3) is 3.95. The highest BCUT2D eigenvalue weighted by atomic mass is 15.2. The molecule has 1 aromatic heterocycles. The Hall–Kier alpha value is -6.38. The Kier molecular flexibility index (Phi) is 6.13. The van der Waals surface area contributed by atoms with Gasteiger partial charge in [-0.2, -0.15) is 0 Å². The summed E-state index contributed by atoms with van der Waals surface area (Å²) in [6.45, 7) is 0. The number of nitrogens with zero attached hydrogens (tertiary/aromatic N) is 2. The van der Waals surface area contributed by atoms with E-state index >= 15 is 0 Å². The van der Waals surface area contributed by atoms with Gasteiger partial charge in [-0.1, -0.05) is 152 Å². The highest BCUT2D eigenvalue weighted by Crippen LogP contribution is 2.59. The van der Waals surface area contributed by atoms with Crippen molar-refractivity contribution in [2.75, 3.05) is 4.90 Å². The molecule has 0 saturated carbocycles. The molecule has 2 heterocycles. The molecule has 0 fully saturated rings. The molecule has 0 bridgehead atoms. The van der Waals surface area contributed by atoms with Crippen molar-refractivity contribution in [3.63, 3.8) is 0 Å². The van der Waals surface area contributed by atoms with E-state index in [-0.39, 0.29) is 0 Å². The zero-order valence-corrected chi connectivity index (χ0v) is 26.9. The molecule has 0 atom stereocenters. The van der Waals surface area contributed by atoms with Crippen LogP contribution in [-0.4, -0.2) is 4.57 Å². The number of anilines is 3. The highest BCUT2D eigenvalue weighted by Gasteiger charge is 2.47. The van der Waals surface area contributed by atoms with Crippen molar-refractivity contribution in [2.24, 2.45) is 0 Å². The van der Waals surface area contributed by atoms with E-state index in [9.17, 15) is 0 Å². The first kappa shape index (κ1) is 27.7. The lowest BCUT2D eigenvalue weighted by molar-refractivity contribution is 0.732. The van der Waals surface area contributed by atoms with Gasteiger partial charge in [0.2, 0.25) is 0 Å². The van der Waals surface area contributed by atoms with Crippen molar-refractivity contribution in [2.45, 2.75) is 5.41 Å². The second kappa shape index (κ2) is 10.8. The quantitative estimate of drug-likeness (QED) is 0.189. The fourth-order valence-corrected chi connectivity index (χ4v) is 8.42. The minimum absolute atomic E-state index is 0.575. The number of hydrogen-bond acceptors (Lipinski definition) is 1. The molecular formula is C47H32N2. The van der Waals surface area contributed by atoms with Crippen molar-refractivity contribution in [3.8, 4) is 5.69 Å². The molecule has 2 nitrogen and oxygen atoms in total. The molecule has 8 aromatic carbocycles. The zero-order valence-electron chi connectivity index (χ0n) is 26.9. The Morgan fingerprint density at radius 2 is 0.939 bits per heavy atom. The fourth-order valence-electron chi connectivity index (χ4n) is 8.42. The van der Waals surface area contributed by atoms with E-state index in [1.165, 1.54) is 66.2 Å². The summed E-state index contributed by atoms with van der Waals surface area (Å²) < 4.78 is 2.49. The Bertz CT molecular complexity index is 2600. The van der Waals surface area contributed by atoms with E-state index in [0.29, 0.717) is 0 Å². The van der Waals surface area contributed by atoms with E-state index in [1.807, 2.05) is 0 Å². The first-order chi connectivity index (χ1) is 24.3. The molecule has 1 aliphatic heterocycles. The second-order valence-electron chi connectivity index (χ2n) is 12.9. The molecular weight excluding hydrogens is 593 g/mol. The van der Waals surface area contributed by atoms with Gasteiger partial charge in [0.05, 0.1) is 27.8 Å². The van der Waals surface area contributed by atoms with Crippen LogP contribution >= 0.6 is 0 Å². The standard InChI is InChI=1S/C47H32N2/c1-5-18-34(19-6-1)47(35-20-7-2-8-21-35)41-27-15-16-28-43(41)48(36-22-9-3-10-23-36)45-31-40-39-30-29-33-17-13-14-26-38(33)46(39)49(44(40)32-42(45)47)37-24-11-4-12-25-37/h1-32H. The van der Waals surface area contributed by atoms with Gasteiger partial charge < -0.3 is 9.47 Å². The monoisotopic (exact) mass is 624 g/mol. The smallest absolute Gasteiger partial charge is 0.0743 e. The lowest BCUT2D eigenvalue weighted by Gasteiger charge is -2.46. The molecule has 0 unspecified atom stereocenters. The maximum atomic E-state index is 2.50. The molecule has 0 radical (unpaired) electrons. The molecule has 1 aliphatic rings. The summed E-state index contributed by atoms with van der Waals surface area (Å²) in [7, 11) is 0. The number of fused-ring (bicyclic) bond motifs is 7. The summed E-state index contributed by atoms with van der Waals surface area (Å²) >= 11 is 0. The number of aromatic nitrogens is 1. The normalized spacial score (nSPS) is 13.4. The van der Waals surface area contributed by atoms with Crippen molar-refractivity contribution in [3.05, 3.63) is 216 Å². The van der Waals surface area contributed by atoms with E-state index in [4.69, 9.17) is 0 Å². The van der Waals surface area contributed by atoms with Gasteiger partial charge in [-0.3, -0.25) is 0 Å². The average molecular weight is 625 g/mol. The van der Waals surface area contributed by atoms with Crippen molar-refractivity contribution >= 4 is 49.6 Å². The van der Waals surface area contributed by atoms with Crippen LogP contribution in [0.2, 0.25) is 0 Å². The van der Waals surface area contributed by atoms with Gasteiger partial charge in [0.25, 0.3) is 0 Å². The van der Waals surface area contributed by atoms with Gasteiger partial charge >= 0.3 is 0 Å². The molecule has 49 heavy (non-hydrogen) atoms. The third-order valence-electron chi connectivity index (χ3n) is 10.4. The van der Waals surface area contributed by atoms with E-state index < -0.39 is 5.41 Å². The number of rotatable bonds is 4. The van der Waals surface area contributed by atoms with Gasteiger partial charge in [-0.25, -0.2) is 0 Å². The van der Waals surface area contributed by atoms with Gasteiger partial charge in [0.15, 0.2) is 0 Å². The largest absolute Gasteiger partial charge is 0.310 e. The molecule has 0 amide bonds. The van der Waals surface area contributed by atoms with Crippen LogP contribution in [0.15, 0.2) is 194 Å². The SMILES string of the molecule is c1ccc(N2c3ccccc3C(c3ccccc3)(c3ccccc3)c3cc4c(cc32)c2ccc3ccccc3c2n4-c2ccccc2)cc1. The maximum Gasteiger partial charge on any atom is 0.0743 e. The minimum Gasteiger partial charge on any atom is -0.310 e. The highest BCUT2D eigenvalue weighted by molar-refractivity contribution is 6.19. The van der Waals surface area contributed by atoms with Gasteiger partial charge in [-0.15, -0.1) is 0 Å². The van der Waals surface area contributed by atoms with Crippen LogP contribution in [-0.2, 0) is 5.41 Å². The Balaban J connectivity index is 1.45. The number of benzene rings is 8. The summed E-state index contributed by atoms with van der Waals surface area (Å²) in [5.41, 5.74) is 11.5. The maximum absolute atomic E-state index is 2.50. The fraction of sp³-hybridized carbons (Fsp3) is 0.0213. The lowest BCUT2D eigenvalue weighted by Crippen LogP contribution is -2.37. The predicted octanol–water partition coefficient (Wildman–Crippen LogP) is 12.1. The summed E-state index contributed by atoms with van der Waals surface area (Å²) in [4.78, 5) is 2.47. The average Bonchev–Trinajstić information content (AvgIpc) is 3.51. The molecule has 10 rings (SSSR count). The van der Waals surface area contributed by atoms with Crippen LogP contribution in [0.4, 0.5) is 17.1 Å². The third-order valence-corrected chi connectivity index (χ3v) is 10.4. The van der Waals surface area contributed by atoms with Gasteiger partial charge in [0, 0.05) is 27.5 Å². The van der Waals surface area contributed by atoms with Gasteiger partial charge in [-0.05, 0) is 70.1 Å². The number of hydrogen-bond donors (Lipinski definition) is 0. The Labute approximate surface area is 285 Å². The van der Waals surface area contributed by atoms with Crippen molar-refractivity contribution in [1.29, 1.82) is 0 Å². The predicted molar refractivity (Wildman–Crippen MR) is 205 cm³/mol. The Morgan fingerprint density at radius 1 is 0.367 bits per heavy atom. The van der Waals surface area contributed by atoms with Gasteiger partial charge in [0.1, 0.15) is 0 Å². The first-order valence-electron chi connectivity index (χ1n) is 17.0. The first-order valence-corrected chi connectivity index (χ1v) is 17.0. The molecule has 2 heteroatoms. The van der Waals surface area contributed by atoms with Crippen LogP contribution in [0.1, 0.15) is 22.3 Å². The van der Waals surface area contributed by atoms with Crippen LogP contribution < -0.4 is 4.90 Å². The van der Waals surface area contributed by atoms with Crippen molar-refractivity contribution < 1.29 is 0 Å². The summed E-state index contributed by atoms with van der Waals surface area (Å²) in [6.07, 6.45) is 0. The topological polar surface area (TPSA) is 8.17 Å². The Morgan fingerprint density at radius 3 is 1.63 bits per heavy atom. The summed E-state index contributed by atoms with van der Waals surface area (Å²) in [6, 6.07) is 71.1. The molecule has 0 N–H and O–H groups in total. The van der Waals surface area contributed by atoms with E-state index in [2.05, 4.69) is 204 Å². The molecule has 0 saturated heterocycles.